The highest BCUT2D eigenvalue weighted by atomic mass is 16.5. The maximum atomic E-state index is 11.5. The van der Waals surface area contributed by atoms with Crippen molar-refractivity contribution in [1.82, 2.24) is 4.90 Å². The normalized spacial score (nSPS) is 11.8. The maximum Gasteiger partial charge on any atom is 0.259 e. The van der Waals surface area contributed by atoms with Crippen LogP contribution in [-0.2, 0) is 4.79 Å². The molecule has 0 aromatic heterocycles. The van der Waals surface area contributed by atoms with Gasteiger partial charge >= 0.3 is 0 Å². The first-order valence-corrected chi connectivity index (χ1v) is 5.64. The minimum absolute atomic E-state index is 0.0696. The maximum absolute atomic E-state index is 11.5. The van der Waals surface area contributed by atoms with Gasteiger partial charge in [-0.2, -0.15) is 0 Å². The summed E-state index contributed by atoms with van der Waals surface area (Å²) in [4.78, 5) is 12.9. The molecule has 1 amide bonds. The van der Waals surface area contributed by atoms with Gasteiger partial charge in [0, 0.05) is 25.7 Å². The molecule has 0 aliphatic carbocycles. The van der Waals surface area contributed by atoms with Gasteiger partial charge in [-0.3, -0.25) is 4.79 Å². The van der Waals surface area contributed by atoms with Gasteiger partial charge in [-0.25, -0.2) is 0 Å². The van der Waals surface area contributed by atoms with Gasteiger partial charge in [0.05, 0.1) is 13.2 Å². The Morgan fingerprint density at radius 3 is 2.61 bits per heavy atom. The third-order valence-electron chi connectivity index (χ3n) is 2.52. The number of amides is 1. The Hall–Kier alpha value is -1.75. The Balaban J connectivity index is 2.87. The molecule has 18 heavy (non-hydrogen) atoms. The second-order valence-electron chi connectivity index (χ2n) is 4.16. The highest BCUT2D eigenvalue weighted by molar-refractivity contribution is 5.77. The SMILES string of the molecule is COc1ccc(C(C)O)c(OCC(=O)N(C)C)c1. The van der Waals surface area contributed by atoms with E-state index in [-0.39, 0.29) is 12.5 Å². The molecular formula is C13H19NO4. The lowest BCUT2D eigenvalue weighted by atomic mass is 10.1. The zero-order valence-corrected chi connectivity index (χ0v) is 11.1. The molecule has 0 spiro atoms. The number of ether oxygens (including phenoxy) is 2. The standard InChI is InChI=1S/C13H19NO4/c1-9(15)11-6-5-10(17-4)7-12(11)18-8-13(16)14(2)3/h5-7,9,15H,8H2,1-4H3. The molecule has 0 radical (unpaired) electrons. The van der Waals surface area contributed by atoms with Gasteiger partial charge < -0.3 is 19.5 Å². The first kappa shape index (κ1) is 14.3. The summed E-state index contributed by atoms with van der Waals surface area (Å²) in [6, 6.07) is 5.12. The molecule has 0 heterocycles. The molecule has 0 saturated heterocycles. The number of methoxy groups -OCH3 is 1. The van der Waals surface area contributed by atoms with E-state index < -0.39 is 6.10 Å². The van der Waals surface area contributed by atoms with E-state index in [2.05, 4.69) is 0 Å². The van der Waals surface area contributed by atoms with Gasteiger partial charge in [0.25, 0.3) is 5.91 Å². The lowest BCUT2D eigenvalue weighted by Crippen LogP contribution is -2.27. The summed E-state index contributed by atoms with van der Waals surface area (Å²) in [5, 5.41) is 9.63. The van der Waals surface area contributed by atoms with Crippen molar-refractivity contribution in [3.63, 3.8) is 0 Å². The summed E-state index contributed by atoms with van der Waals surface area (Å²) < 4.78 is 10.5. The Labute approximate surface area is 107 Å². The van der Waals surface area contributed by atoms with Crippen LogP contribution < -0.4 is 9.47 Å². The number of nitrogens with zero attached hydrogens (tertiary/aromatic N) is 1. The fourth-order valence-electron chi connectivity index (χ4n) is 1.38. The topological polar surface area (TPSA) is 59.0 Å². The van der Waals surface area contributed by atoms with E-state index in [1.807, 2.05) is 0 Å². The molecule has 0 bridgehead atoms. The molecule has 1 atom stereocenters. The lowest BCUT2D eigenvalue weighted by molar-refractivity contribution is -0.130. The van der Waals surface area contributed by atoms with Crippen LogP contribution in [-0.4, -0.2) is 43.7 Å². The van der Waals surface area contributed by atoms with Crippen molar-refractivity contribution >= 4 is 5.91 Å². The van der Waals surface area contributed by atoms with Gasteiger partial charge in [-0.1, -0.05) is 0 Å². The van der Waals surface area contributed by atoms with Crippen molar-refractivity contribution in [2.75, 3.05) is 27.8 Å². The molecule has 5 nitrogen and oxygen atoms in total. The van der Waals surface area contributed by atoms with Crippen LogP contribution in [0.1, 0.15) is 18.6 Å². The summed E-state index contributed by atoms with van der Waals surface area (Å²) >= 11 is 0. The zero-order valence-electron chi connectivity index (χ0n) is 11.1. The quantitative estimate of drug-likeness (QED) is 0.857. The van der Waals surface area contributed by atoms with Crippen LogP contribution in [0.15, 0.2) is 18.2 Å². The van der Waals surface area contributed by atoms with Crippen LogP contribution in [0, 0.1) is 0 Å². The summed E-state index contributed by atoms with van der Waals surface area (Å²) in [5.74, 6) is 0.931. The summed E-state index contributed by atoms with van der Waals surface area (Å²) in [5.41, 5.74) is 0.627. The van der Waals surface area contributed by atoms with Crippen LogP contribution in [0.3, 0.4) is 0 Å². The number of benzene rings is 1. The van der Waals surface area contributed by atoms with Crippen LogP contribution >= 0.6 is 0 Å². The van der Waals surface area contributed by atoms with E-state index in [9.17, 15) is 9.90 Å². The average molecular weight is 253 g/mol. The van der Waals surface area contributed by atoms with E-state index in [1.54, 1.807) is 46.3 Å². The molecule has 0 fully saturated rings. The molecule has 5 heteroatoms. The van der Waals surface area contributed by atoms with Gasteiger partial charge in [-0.05, 0) is 19.1 Å². The minimum atomic E-state index is -0.666. The fourth-order valence-corrected chi connectivity index (χ4v) is 1.38. The summed E-state index contributed by atoms with van der Waals surface area (Å²) in [6.07, 6.45) is -0.666. The van der Waals surface area contributed by atoms with Crippen molar-refractivity contribution in [2.24, 2.45) is 0 Å². The highest BCUT2D eigenvalue weighted by Crippen LogP contribution is 2.29. The molecular weight excluding hydrogens is 234 g/mol. The average Bonchev–Trinajstić information content (AvgIpc) is 2.34. The third-order valence-corrected chi connectivity index (χ3v) is 2.52. The monoisotopic (exact) mass is 253 g/mol. The molecule has 1 N–H and O–H groups in total. The van der Waals surface area contributed by atoms with Gasteiger partial charge in [-0.15, -0.1) is 0 Å². The molecule has 0 aliphatic rings. The Kier molecular flexibility index (Phi) is 4.97. The number of carbonyl (C=O) groups excluding carboxylic acids is 1. The van der Waals surface area contributed by atoms with Crippen molar-refractivity contribution in [1.29, 1.82) is 0 Å². The second-order valence-corrected chi connectivity index (χ2v) is 4.16. The van der Waals surface area contributed by atoms with E-state index in [1.165, 1.54) is 4.90 Å². The number of aliphatic hydroxyl groups excluding tert-OH is 1. The predicted octanol–water partition coefficient (Wildman–Crippen LogP) is 1.22. The second kappa shape index (κ2) is 6.26. The van der Waals surface area contributed by atoms with Crippen LogP contribution in [0.4, 0.5) is 0 Å². The summed E-state index contributed by atoms with van der Waals surface area (Å²) in [7, 11) is 4.87. The number of rotatable bonds is 5. The Morgan fingerprint density at radius 1 is 1.44 bits per heavy atom. The molecule has 0 aliphatic heterocycles. The highest BCUT2D eigenvalue weighted by Gasteiger charge is 2.12. The first-order valence-electron chi connectivity index (χ1n) is 5.64. The molecule has 0 saturated carbocycles. The molecule has 1 rings (SSSR count). The Morgan fingerprint density at radius 2 is 2.11 bits per heavy atom. The Bertz CT molecular complexity index is 415. The van der Waals surface area contributed by atoms with E-state index in [0.717, 1.165) is 0 Å². The zero-order chi connectivity index (χ0) is 13.7. The molecule has 1 aromatic rings. The summed E-state index contributed by atoms with van der Waals surface area (Å²) in [6.45, 7) is 1.57. The van der Waals surface area contributed by atoms with Crippen molar-refractivity contribution in [3.05, 3.63) is 23.8 Å². The van der Waals surface area contributed by atoms with Gasteiger partial charge in [0.2, 0.25) is 0 Å². The number of hydrogen-bond donors (Lipinski definition) is 1. The van der Waals surface area contributed by atoms with Gasteiger partial charge in [0.1, 0.15) is 11.5 Å². The van der Waals surface area contributed by atoms with Crippen LogP contribution in [0.25, 0.3) is 0 Å². The van der Waals surface area contributed by atoms with Crippen LogP contribution in [0.5, 0.6) is 11.5 Å². The molecule has 1 aromatic carbocycles. The fraction of sp³-hybridized carbons (Fsp3) is 0.462. The van der Waals surface area contributed by atoms with Crippen molar-refractivity contribution in [3.8, 4) is 11.5 Å². The van der Waals surface area contributed by atoms with Crippen molar-refractivity contribution < 1.29 is 19.4 Å². The van der Waals surface area contributed by atoms with E-state index >= 15 is 0 Å². The largest absolute Gasteiger partial charge is 0.497 e. The number of likely N-dealkylation sites (N-methyl/N-ethyl adjacent to an activating group) is 1. The predicted molar refractivity (Wildman–Crippen MR) is 67.8 cm³/mol. The van der Waals surface area contributed by atoms with Crippen LogP contribution in [0.2, 0.25) is 0 Å². The molecule has 1 unspecified atom stereocenters. The lowest BCUT2D eigenvalue weighted by Gasteiger charge is -2.16. The number of hydrogen-bond acceptors (Lipinski definition) is 4. The number of carbonyl (C=O) groups is 1. The van der Waals surface area contributed by atoms with Crippen molar-refractivity contribution in [2.45, 2.75) is 13.0 Å². The molecule has 100 valence electrons. The van der Waals surface area contributed by atoms with E-state index in [0.29, 0.717) is 17.1 Å². The van der Waals surface area contributed by atoms with Gasteiger partial charge in [0.15, 0.2) is 6.61 Å². The number of aliphatic hydroxyl groups is 1. The first-order chi connectivity index (χ1) is 8.45. The minimum Gasteiger partial charge on any atom is -0.497 e. The third kappa shape index (κ3) is 3.63. The van der Waals surface area contributed by atoms with E-state index in [4.69, 9.17) is 9.47 Å². The smallest absolute Gasteiger partial charge is 0.259 e.